The van der Waals surface area contributed by atoms with E-state index in [2.05, 4.69) is 0 Å². The SMILES string of the molecule is [2H]c1c([2H])c([2H])c(-c2ccc(-c3nc(-c4ccccc4)nc(-c4ccc5c(c4)oc4c(-c6c([2H])c([2H])c([2H])c([2H])c6[2H])cccc45)n3)cc2)c([2H])c1[2H]. The van der Waals surface area contributed by atoms with Crippen LogP contribution in [0.5, 0.6) is 0 Å². The van der Waals surface area contributed by atoms with Crippen LogP contribution in [0.3, 0.4) is 0 Å². The molecule has 0 N–H and O–H groups in total. The molecule has 0 radical (unpaired) electrons. The highest BCUT2D eigenvalue weighted by atomic mass is 16.3. The predicted molar refractivity (Wildman–Crippen MR) is 174 cm³/mol. The quantitative estimate of drug-likeness (QED) is 0.210. The third kappa shape index (κ3) is 4.65. The van der Waals surface area contributed by atoms with Crippen LogP contribution < -0.4 is 0 Å². The second-order valence-electron chi connectivity index (χ2n) is 9.74. The van der Waals surface area contributed by atoms with Gasteiger partial charge < -0.3 is 4.42 Å². The number of furan rings is 1. The average Bonchev–Trinajstić information content (AvgIpc) is 3.57. The van der Waals surface area contributed by atoms with Crippen molar-refractivity contribution in [1.82, 2.24) is 15.0 Å². The van der Waals surface area contributed by atoms with E-state index in [9.17, 15) is 0 Å². The van der Waals surface area contributed by atoms with Crippen LogP contribution in [0.4, 0.5) is 0 Å². The van der Waals surface area contributed by atoms with E-state index in [1.54, 1.807) is 42.5 Å². The van der Waals surface area contributed by atoms with Crippen LogP contribution in [-0.2, 0) is 0 Å². The molecule has 4 heteroatoms. The Hall–Kier alpha value is -5.87. The van der Waals surface area contributed by atoms with E-state index >= 15 is 0 Å². The molecule has 0 unspecified atom stereocenters. The summed E-state index contributed by atoms with van der Waals surface area (Å²) in [5, 5.41) is 1.45. The number of benzene rings is 6. The summed E-state index contributed by atoms with van der Waals surface area (Å²) >= 11 is 0. The Balaban J connectivity index is 1.26. The van der Waals surface area contributed by atoms with Crippen LogP contribution in [0.25, 0.3) is 78.4 Å². The van der Waals surface area contributed by atoms with E-state index in [-0.39, 0.29) is 35.3 Å². The minimum atomic E-state index is -0.471. The zero-order valence-corrected chi connectivity index (χ0v) is 22.4. The number of hydrogen-bond donors (Lipinski definition) is 0. The van der Waals surface area contributed by atoms with Crippen molar-refractivity contribution in [3.63, 3.8) is 0 Å². The van der Waals surface area contributed by atoms with Crippen molar-refractivity contribution < 1.29 is 18.1 Å². The zero-order chi connectivity index (χ0) is 37.3. The van der Waals surface area contributed by atoms with Crippen molar-refractivity contribution in [2.75, 3.05) is 0 Å². The van der Waals surface area contributed by atoms with Crippen molar-refractivity contribution in [2.45, 2.75) is 0 Å². The van der Waals surface area contributed by atoms with Gasteiger partial charge in [0.2, 0.25) is 0 Å². The van der Waals surface area contributed by atoms with Gasteiger partial charge >= 0.3 is 0 Å². The topological polar surface area (TPSA) is 51.8 Å². The molecule has 4 nitrogen and oxygen atoms in total. The average molecular weight is 562 g/mol. The first-order chi connectivity index (χ1) is 25.4. The van der Waals surface area contributed by atoms with Gasteiger partial charge in [0.25, 0.3) is 0 Å². The fraction of sp³-hybridized carbons (Fsp3) is 0. The molecule has 0 spiro atoms. The van der Waals surface area contributed by atoms with Crippen LogP contribution in [0, 0.1) is 0 Å². The highest BCUT2D eigenvalue weighted by molar-refractivity contribution is 6.10. The van der Waals surface area contributed by atoms with E-state index in [4.69, 9.17) is 33.1 Å². The fourth-order valence-corrected chi connectivity index (χ4v) is 5.05. The molecule has 8 rings (SSSR count). The molecule has 2 heterocycles. The van der Waals surface area contributed by atoms with Crippen LogP contribution in [0.15, 0.2) is 156 Å². The zero-order valence-electron chi connectivity index (χ0n) is 32.4. The lowest BCUT2D eigenvalue weighted by Crippen LogP contribution is -2.00. The third-order valence-electron chi connectivity index (χ3n) is 7.13. The Morgan fingerprint density at radius 3 is 1.72 bits per heavy atom. The summed E-state index contributed by atoms with van der Waals surface area (Å²) in [4.78, 5) is 14.4. The molecule has 0 saturated heterocycles. The highest BCUT2D eigenvalue weighted by Gasteiger charge is 2.16. The van der Waals surface area contributed by atoms with Crippen LogP contribution >= 0.6 is 0 Å². The summed E-state index contributed by atoms with van der Waals surface area (Å²) in [5.41, 5.74) is 3.78. The molecule has 0 bridgehead atoms. The van der Waals surface area contributed by atoms with Gasteiger partial charge in [-0.25, -0.2) is 15.0 Å². The number of hydrogen-bond acceptors (Lipinski definition) is 4. The molecule has 43 heavy (non-hydrogen) atoms. The first kappa shape index (κ1) is 16.5. The van der Waals surface area contributed by atoms with Crippen molar-refractivity contribution >= 4 is 21.9 Å². The summed E-state index contributed by atoms with van der Waals surface area (Å²) in [5.74, 6) is 1.10. The molecular formula is C39H25N3O. The maximum absolute atomic E-state index is 8.53. The number of aromatic nitrogens is 3. The monoisotopic (exact) mass is 561 g/mol. The Bertz CT molecular complexity index is 2730. The number of rotatable bonds is 5. The van der Waals surface area contributed by atoms with Gasteiger partial charge in [-0.05, 0) is 28.8 Å². The van der Waals surface area contributed by atoms with Gasteiger partial charge in [-0.1, -0.05) is 139 Å². The number of fused-ring (bicyclic) bond motifs is 3. The van der Waals surface area contributed by atoms with Crippen molar-refractivity contribution in [2.24, 2.45) is 0 Å². The van der Waals surface area contributed by atoms with E-state index in [1.165, 1.54) is 0 Å². The molecule has 0 aliphatic carbocycles. The Labute approximate surface area is 263 Å². The fourth-order valence-electron chi connectivity index (χ4n) is 5.05. The summed E-state index contributed by atoms with van der Waals surface area (Å²) < 4.78 is 88.6. The lowest BCUT2D eigenvalue weighted by Gasteiger charge is -2.09. The maximum Gasteiger partial charge on any atom is 0.164 e. The molecule has 8 aromatic rings. The van der Waals surface area contributed by atoms with E-state index in [0.717, 1.165) is 10.9 Å². The lowest BCUT2D eigenvalue weighted by molar-refractivity contribution is 0.670. The van der Waals surface area contributed by atoms with Crippen molar-refractivity contribution in [3.8, 4) is 56.4 Å². The second kappa shape index (κ2) is 10.5. The molecule has 0 aliphatic heterocycles. The van der Waals surface area contributed by atoms with Gasteiger partial charge in [0, 0.05) is 33.0 Å². The smallest absolute Gasteiger partial charge is 0.164 e. The van der Waals surface area contributed by atoms with E-state index in [1.807, 2.05) is 48.5 Å². The van der Waals surface area contributed by atoms with Crippen LogP contribution in [0.1, 0.15) is 13.7 Å². The maximum atomic E-state index is 8.53. The predicted octanol–water partition coefficient (Wildman–Crippen LogP) is 10.1. The Morgan fingerprint density at radius 1 is 0.442 bits per heavy atom. The molecule has 0 saturated carbocycles. The van der Waals surface area contributed by atoms with Gasteiger partial charge in [0.1, 0.15) is 11.2 Å². The van der Waals surface area contributed by atoms with Crippen LogP contribution in [-0.4, -0.2) is 15.0 Å². The third-order valence-corrected chi connectivity index (χ3v) is 7.13. The Kier molecular flexibility index (Phi) is 4.04. The molecule has 0 aliphatic rings. The van der Waals surface area contributed by atoms with Crippen molar-refractivity contribution in [3.05, 3.63) is 151 Å². The summed E-state index contributed by atoms with van der Waals surface area (Å²) in [7, 11) is 0. The number of nitrogens with zero attached hydrogens (tertiary/aromatic N) is 3. The van der Waals surface area contributed by atoms with Gasteiger partial charge in [-0.2, -0.15) is 0 Å². The minimum absolute atomic E-state index is 0.0491. The molecule has 0 atom stereocenters. The van der Waals surface area contributed by atoms with E-state index < -0.39 is 36.3 Å². The first-order valence-corrected chi connectivity index (χ1v) is 13.5. The van der Waals surface area contributed by atoms with Gasteiger partial charge in [-0.3, -0.25) is 0 Å². The molecule has 0 fully saturated rings. The second-order valence-corrected chi connectivity index (χ2v) is 9.74. The Morgan fingerprint density at radius 2 is 1.02 bits per heavy atom. The molecule has 6 aromatic carbocycles. The highest BCUT2D eigenvalue weighted by Crippen LogP contribution is 2.37. The number of para-hydroxylation sites is 1. The summed E-state index contributed by atoms with van der Waals surface area (Å²) in [6.07, 6.45) is 0. The van der Waals surface area contributed by atoms with Gasteiger partial charge in [0.05, 0.1) is 13.7 Å². The van der Waals surface area contributed by atoms with Gasteiger partial charge in [0.15, 0.2) is 17.5 Å². The van der Waals surface area contributed by atoms with E-state index in [0.29, 0.717) is 56.3 Å². The molecule has 202 valence electrons. The first-order valence-electron chi connectivity index (χ1n) is 18.5. The lowest BCUT2D eigenvalue weighted by atomic mass is 10.0. The largest absolute Gasteiger partial charge is 0.455 e. The van der Waals surface area contributed by atoms with Gasteiger partial charge in [-0.15, -0.1) is 0 Å². The normalized spacial score (nSPS) is 14.5. The minimum Gasteiger partial charge on any atom is -0.455 e. The standard InChI is InChI=1S/C39H25N3O/c1-4-11-26(12-5-1)27-19-21-30(22-20-27)38-40-37(29-15-8-3-9-16-29)41-39(42-38)31-23-24-33-34-18-10-17-32(28-13-6-2-7-14-28)36(34)43-35(33)25-31/h1-25H/i1D,2D,4D,5D,6D,7D,11D,12D,13D,14D. The molecular weight excluding hydrogens is 526 g/mol. The summed E-state index contributed by atoms with van der Waals surface area (Å²) in [6, 6.07) is 23.1. The summed E-state index contributed by atoms with van der Waals surface area (Å²) in [6.45, 7) is 0. The van der Waals surface area contributed by atoms with Crippen LogP contribution in [0.2, 0.25) is 0 Å². The molecule has 0 amide bonds. The van der Waals surface area contributed by atoms with Crippen molar-refractivity contribution in [1.29, 1.82) is 0 Å². The molecule has 2 aromatic heterocycles.